The SMILES string of the molecule is NC1CCCCC1NS(=O)(=O)CC1CCCCCC1. The Balaban J connectivity index is 1.86. The average Bonchev–Trinajstić information content (AvgIpc) is 2.60. The lowest BCUT2D eigenvalue weighted by molar-refractivity contribution is 0.359. The van der Waals surface area contributed by atoms with Gasteiger partial charge in [0.1, 0.15) is 0 Å². The van der Waals surface area contributed by atoms with Crippen LogP contribution in [-0.4, -0.2) is 26.3 Å². The van der Waals surface area contributed by atoms with Gasteiger partial charge in [0.25, 0.3) is 0 Å². The molecule has 0 aromatic rings. The third kappa shape index (κ3) is 5.04. The van der Waals surface area contributed by atoms with E-state index in [1.165, 1.54) is 25.7 Å². The Morgan fingerprint density at radius 2 is 1.47 bits per heavy atom. The Morgan fingerprint density at radius 3 is 2.11 bits per heavy atom. The summed E-state index contributed by atoms with van der Waals surface area (Å²) in [5, 5.41) is 0. The molecule has 112 valence electrons. The van der Waals surface area contributed by atoms with Gasteiger partial charge in [-0.1, -0.05) is 38.5 Å². The zero-order valence-corrected chi connectivity index (χ0v) is 12.6. The van der Waals surface area contributed by atoms with Crippen LogP contribution in [0.15, 0.2) is 0 Å². The molecular formula is C14H28N2O2S. The Labute approximate surface area is 117 Å². The molecule has 0 aromatic carbocycles. The van der Waals surface area contributed by atoms with Crippen LogP contribution in [0, 0.1) is 5.92 Å². The number of nitrogens with two attached hydrogens (primary N) is 1. The molecule has 5 heteroatoms. The lowest BCUT2D eigenvalue weighted by atomic mass is 9.92. The molecule has 2 rings (SSSR count). The van der Waals surface area contributed by atoms with Crippen molar-refractivity contribution in [3.05, 3.63) is 0 Å². The van der Waals surface area contributed by atoms with Gasteiger partial charge in [0, 0.05) is 12.1 Å². The first-order valence-corrected chi connectivity index (χ1v) is 9.47. The minimum atomic E-state index is -3.16. The van der Waals surface area contributed by atoms with Crippen molar-refractivity contribution in [1.29, 1.82) is 0 Å². The smallest absolute Gasteiger partial charge is 0.212 e. The summed E-state index contributed by atoms with van der Waals surface area (Å²) in [5.41, 5.74) is 6.02. The zero-order valence-electron chi connectivity index (χ0n) is 11.8. The van der Waals surface area contributed by atoms with E-state index in [9.17, 15) is 8.42 Å². The van der Waals surface area contributed by atoms with Gasteiger partial charge in [-0.05, 0) is 31.6 Å². The van der Waals surface area contributed by atoms with E-state index in [4.69, 9.17) is 5.73 Å². The Hall–Kier alpha value is -0.130. The van der Waals surface area contributed by atoms with Gasteiger partial charge in [0.15, 0.2) is 0 Å². The number of hydrogen-bond acceptors (Lipinski definition) is 3. The van der Waals surface area contributed by atoms with Crippen LogP contribution in [0.2, 0.25) is 0 Å². The summed E-state index contributed by atoms with van der Waals surface area (Å²) in [7, 11) is -3.16. The van der Waals surface area contributed by atoms with Gasteiger partial charge in [0.05, 0.1) is 5.75 Å². The standard InChI is InChI=1S/C14H28N2O2S/c15-13-9-5-6-10-14(13)16-19(17,18)11-12-7-3-1-2-4-8-12/h12-14,16H,1-11,15H2. The van der Waals surface area contributed by atoms with Crippen molar-refractivity contribution in [3.63, 3.8) is 0 Å². The zero-order chi connectivity index (χ0) is 13.7. The van der Waals surface area contributed by atoms with E-state index in [1.54, 1.807) is 0 Å². The van der Waals surface area contributed by atoms with Crippen LogP contribution in [0.3, 0.4) is 0 Å². The lowest BCUT2D eigenvalue weighted by Gasteiger charge is -2.29. The molecule has 2 fully saturated rings. The van der Waals surface area contributed by atoms with Gasteiger partial charge in [0.2, 0.25) is 10.0 Å². The number of sulfonamides is 1. The van der Waals surface area contributed by atoms with E-state index >= 15 is 0 Å². The van der Waals surface area contributed by atoms with Gasteiger partial charge in [-0.25, -0.2) is 13.1 Å². The van der Waals surface area contributed by atoms with Crippen molar-refractivity contribution in [3.8, 4) is 0 Å². The van der Waals surface area contributed by atoms with Gasteiger partial charge in [-0.15, -0.1) is 0 Å². The number of rotatable bonds is 4. The summed E-state index contributed by atoms with van der Waals surface area (Å²) in [6.45, 7) is 0. The van der Waals surface area contributed by atoms with Crippen LogP contribution in [0.1, 0.15) is 64.2 Å². The number of nitrogens with one attached hydrogen (secondary N) is 1. The van der Waals surface area contributed by atoms with Crippen LogP contribution in [0.5, 0.6) is 0 Å². The Bertz CT molecular complexity index is 362. The largest absolute Gasteiger partial charge is 0.326 e. The summed E-state index contributed by atoms with van der Waals surface area (Å²) >= 11 is 0. The average molecular weight is 288 g/mol. The second-order valence-electron chi connectivity index (χ2n) is 6.31. The fourth-order valence-corrected chi connectivity index (χ4v) is 5.23. The van der Waals surface area contributed by atoms with Crippen LogP contribution in [-0.2, 0) is 10.0 Å². The van der Waals surface area contributed by atoms with Crippen LogP contribution >= 0.6 is 0 Å². The normalized spacial score (nSPS) is 31.0. The Kier molecular flexibility index (Phi) is 5.66. The fourth-order valence-electron chi connectivity index (χ4n) is 3.43. The Morgan fingerprint density at radius 1 is 0.895 bits per heavy atom. The summed E-state index contributed by atoms with van der Waals surface area (Å²) in [4.78, 5) is 0. The molecule has 0 bridgehead atoms. The molecule has 0 amide bonds. The van der Waals surface area contributed by atoms with E-state index < -0.39 is 10.0 Å². The predicted octanol–water partition coefficient (Wildman–Crippen LogP) is 2.15. The van der Waals surface area contributed by atoms with Crippen LogP contribution < -0.4 is 10.5 Å². The molecule has 2 atom stereocenters. The minimum Gasteiger partial charge on any atom is -0.326 e. The molecule has 0 radical (unpaired) electrons. The number of hydrogen-bond donors (Lipinski definition) is 2. The van der Waals surface area contributed by atoms with Crippen LogP contribution in [0.4, 0.5) is 0 Å². The van der Waals surface area contributed by atoms with E-state index in [1.807, 2.05) is 0 Å². The van der Waals surface area contributed by atoms with E-state index in [2.05, 4.69) is 4.72 Å². The molecule has 0 saturated heterocycles. The maximum absolute atomic E-state index is 12.3. The van der Waals surface area contributed by atoms with Crippen molar-refractivity contribution in [2.75, 3.05) is 5.75 Å². The topological polar surface area (TPSA) is 72.2 Å². The highest BCUT2D eigenvalue weighted by Gasteiger charge is 2.28. The van der Waals surface area contributed by atoms with E-state index in [0.29, 0.717) is 11.7 Å². The quantitative estimate of drug-likeness (QED) is 0.779. The maximum Gasteiger partial charge on any atom is 0.212 e. The molecule has 2 aliphatic carbocycles. The molecular weight excluding hydrogens is 260 g/mol. The summed E-state index contributed by atoms with van der Waals surface area (Å²) < 4.78 is 27.4. The van der Waals surface area contributed by atoms with Crippen molar-refractivity contribution in [2.24, 2.45) is 11.7 Å². The highest BCUT2D eigenvalue weighted by atomic mass is 32.2. The molecule has 0 aromatic heterocycles. The van der Waals surface area contributed by atoms with E-state index in [0.717, 1.165) is 38.5 Å². The van der Waals surface area contributed by atoms with Crippen molar-refractivity contribution in [2.45, 2.75) is 76.3 Å². The molecule has 0 heterocycles. The predicted molar refractivity (Wildman–Crippen MR) is 78.3 cm³/mol. The molecule has 19 heavy (non-hydrogen) atoms. The molecule has 2 saturated carbocycles. The summed E-state index contributed by atoms with van der Waals surface area (Å²) in [6, 6.07) is -0.0396. The van der Waals surface area contributed by atoms with Gasteiger partial charge in [-0.3, -0.25) is 0 Å². The first-order valence-electron chi connectivity index (χ1n) is 7.82. The lowest BCUT2D eigenvalue weighted by Crippen LogP contribution is -2.50. The molecule has 4 nitrogen and oxygen atoms in total. The molecule has 0 aliphatic heterocycles. The van der Waals surface area contributed by atoms with Crippen molar-refractivity contribution < 1.29 is 8.42 Å². The minimum absolute atomic E-state index is 0.00217. The van der Waals surface area contributed by atoms with Crippen LogP contribution in [0.25, 0.3) is 0 Å². The fraction of sp³-hybridized carbons (Fsp3) is 1.00. The second kappa shape index (κ2) is 7.04. The first-order chi connectivity index (χ1) is 9.07. The van der Waals surface area contributed by atoms with Crippen molar-refractivity contribution in [1.82, 2.24) is 4.72 Å². The third-order valence-electron chi connectivity index (χ3n) is 4.58. The van der Waals surface area contributed by atoms with E-state index in [-0.39, 0.29) is 12.1 Å². The molecule has 3 N–H and O–H groups in total. The van der Waals surface area contributed by atoms with Gasteiger partial charge in [-0.2, -0.15) is 0 Å². The molecule has 2 unspecified atom stereocenters. The monoisotopic (exact) mass is 288 g/mol. The second-order valence-corrected chi connectivity index (χ2v) is 8.11. The maximum atomic E-state index is 12.3. The highest BCUT2D eigenvalue weighted by Crippen LogP contribution is 2.24. The summed E-state index contributed by atoms with van der Waals surface area (Å²) in [5.74, 6) is 0.649. The van der Waals surface area contributed by atoms with Gasteiger partial charge < -0.3 is 5.73 Å². The summed E-state index contributed by atoms with van der Waals surface area (Å²) in [6.07, 6.45) is 11.1. The first kappa shape index (κ1) is 15.3. The molecule has 2 aliphatic rings. The van der Waals surface area contributed by atoms with Crippen molar-refractivity contribution >= 4 is 10.0 Å². The van der Waals surface area contributed by atoms with Gasteiger partial charge >= 0.3 is 0 Å². The highest BCUT2D eigenvalue weighted by molar-refractivity contribution is 7.89. The molecule has 0 spiro atoms. The third-order valence-corrected chi connectivity index (χ3v) is 6.15.